The van der Waals surface area contributed by atoms with Gasteiger partial charge in [-0.15, -0.1) is 0 Å². The van der Waals surface area contributed by atoms with E-state index >= 15 is 0 Å². The summed E-state index contributed by atoms with van der Waals surface area (Å²) >= 11 is 1.30. The molecule has 0 bridgehead atoms. The van der Waals surface area contributed by atoms with E-state index in [1.165, 1.54) is 24.9 Å². The normalized spacial score (nSPS) is 21.8. The molecule has 13 heavy (non-hydrogen) atoms. The summed E-state index contributed by atoms with van der Waals surface area (Å²) in [5, 5.41) is 0. The topological polar surface area (TPSA) is 17.1 Å². The Kier molecular flexibility index (Phi) is 3.99. The van der Waals surface area contributed by atoms with Gasteiger partial charge in [-0.3, -0.25) is 0 Å². The fourth-order valence-corrected chi connectivity index (χ4v) is 2.39. The molecule has 0 spiro atoms. The molecule has 1 aliphatic rings. The van der Waals surface area contributed by atoms with Crippen molar-refractivity contribution in [3.05, 3.63) is 23.8 Å². The molecule has 0 amide bonds. The van der Waals surface area contributed by atoms with E-state index in [4.69, 9.17) is 0 Å². The zero-order valence-corrected chi connectivity index (χ0v) is 10.9. The van der Waals surface area contributed by atoms with Gasteiger partial charge in [-0.05, 0) is 0 Å². The molecule has 70 valence electrons. The summed E-state index contributed by atoms with van der Waals surface area (Å²) in [6.45, 7) is 5.82. The van der Waals surface area contributed by atoms with E-state index in [9.17, 15) is 4.79 Å². The molecule has 1 saturated carbocycles. The van der Waals surface area contributed by atoms with E-state index in [-0.39, 0.29) is 0 Å². The molecule has 0 aromatic carbocycles. The van der Waals surface area contributed by atoms with Gasteiger partial charge in [0.05, 0.1) is 0 Å². The molecule has 0 aromatic heterocycles. The number of hydrogen-bond donors (Lipinski definition) is 0. The van der Waals surface area contributed by atoms with E-state index in [1.54, 1.807) is 0 Å². The van der Waals surface area contributed by atoms with Gasteiger partial charge in [0.1, 0.15) is 0 Å². The summed E-state index contributed by atoms with van der Waals surface area (Å²) in [6.07, 6.45) is 6.04. The maximum absolute atomic E-state index is 11.5. The van der Waals surface area contributed by atoms with Crippen molar-refractivity contribution >= 4 is 9.68 Å². The van der Waals surface area contributed by atoms with Gasteiger partial charge in [0.15, 0.2) is 0 Å². The number of hydrogen-bond acceptors (Lipinski definition) is 1. The van der Waals surface area contributed by atoms with Crippen LogP contribution >= 0.6 is 0 Å². The van der Waals surface area contributed by atoms with Gasteiger partial charge in [-0.25, -0.2) is 0 Å². The summed E-state index contributed by atoms with van der Waals surface area (Å²) in [7, 11) is 0. The molecule has 0 heterocycles. The third-order valence-corrected chi connectivity index (χ3v) is 3.83. The van der Waals surface area contributed by atoms with Crippen LogP contribution in [-0.2, 0) is 24.1 Å². The standard InChI is InChI=1S/C11H14O.W/c1-9(2)7-10-5-3-4-6-11(12)8-10;/h7H,1,3-6H2,2H3;. The summed E-state index contributed by atoms with van der Waals surface area (Å²) in [5.41, 5.74) is 2.27. The van der Waals surface area contributed by atoms with Crippen molar-refractivity contribution in [3.8, 4) is 0 Å². The van der Waals surface area contributed by atoms with Gasteiger partial charge < -0.3 is 0 Å². The Labute approximate surface area is 90.3 Å². The summed E-state index contributed by atoms with van der Waals surface area (Å²) in [4.78, 5) is 11.5. The number of ketones is 1. The average molecular weight is 346 g/mol. The van der Waals surface area contributed by atoms with Crippen LogP contribution in [0.15, 0.2) is 23.8 Å². The van der Waals surface area contributed by atoms with E-state index in [0.29, 0.717) is 5.78 Å². The van der Waals surface area contributed by atoms with E-state index in [0.717, 1.165) is 35.2 Å². The van der Waals surface area contributed by atoms with Crippen LogP contribution < -0.4 is 0 Å². The number of Topliss-reactive ketones (excluding diaryl/α,β-unsaturated/α-hetero) is 1. The van der Waals surface area contributed by atoms with Crippen molar-refractivity contribution in [2.45, 2.75) is 32.6 Å². The first-order valence-corrected chi connectivity index (χ1v) is 6.01. The summed E-state index contributed by atoms with van der Waals surface area (Å²) < 4.78 is 1.03. The number of carbonyl (C=O) groups is 1. The zero-order valence-electron chi connectivity index (χ0n) is 7.93. The Hall–Kier alpha value is -0.292. The molecule has 0 unspecified atom stereocenters. The van der Waals surface area contributed by atoms with Crippen molar-refractivity contribution < 1.29 is 24.1 Å². The molecule has 0 atom stereocenters. The second-order valence-corrected chi connectivity index (χ2v) is 4.94. The van der Waals surface area contributed by atoms with Gasteiger partial charge >= 0.3 is 90.2 Å². The first-order chi connectivity index (χ1) is 6.11. The Balaban J connectivity index is 2.88. The Morgan fingerprint density at radius 3 is 2.69 bits per heavy atom. The van der Waals surface area contributed by atoms with Crippen LogP contribution in [0.3, 0.4) is 0 Å². The fourth-order valence-electron chi connectivity index (χ4n) is 1.44. The first kappa shape index (κ1) is 10.8. The maximum atomic E-state index is 11.5. The van der Waals surface area contributed by atoms with Crippen LogP contribution in [0.2, 0.25) is 0 Å². The SMILES string of the molecule is C=C(C)C=C1CCCCC(=O)[C]1=[W]. The molecule has 1 aliphatic carbocycles. The number of allylic oxidation sites excluding steroid dienone is 3. The quantitative estimate of drug-likeness (QED) is 0.667. The van der Waals surface area contributed by atoms with Gasteiger partial charge in [0, 0.05) is 0 Å². The molecule has 0 radical (unpaired) electrons. The molecule has 1 nitrogen and oxygen atoms in total. The Bertz CT molecular complexity index is 286. The number of rotatable bonds is 1. The minimum absolute atomic E-state index is 0.347. The van der Waals surface area contributed by atoms with Crippen molar-refractivity contribution in [2.24, 2.45) is 0 Å². The van der Waals surface area contributed by atoms with E-state index in [2.05, 4.69) is 12.7 Å². The van der Waals surface area contributed by atoms with Gasteiger partial charge in [-0.1, -0.05) is 0 Å². The van der Waals surface area contributed by atoms with Gasteiger partial charge in [-0.2, -0.15) is 0 Å². The molecular formula is C11H14OW. The minimum atomic E-state index is 0.347. The second-order valence-electron chi connectivity index (χ2n) is 3.48. The van der Waals surface area contributed by atoms with Gasteiger partial charge in [0.25, 0.3) is 0 Å². The fraction of sp³-hybridized carbons (Fsp3) is 0.455. The Morgan fingerprint density at radius 2 is 2.08 bits per heavy atom. The second kappa shape index (κ2) is 4.81. The summed E-state index contributed by atoms with van der Waals surface area (Å²) in [6, 6.07) is 0. The summed E-state index contributed by atoms with van der Waals surface area (Å²) in [5.74, 6) is 0.347. The van der Waals surface area contributed by atoms with Crippen molar-refractivity contribution in [3.63, 3.8) is 0 Å². The van der Waals surface area contributed by atoms with Gasteiger partial charge in [0.2, 0.25) is 0 Å². The van der Waals surface area contributed by atoms with Crippen LogP contribution in [-0.4, -0.2) is 9.68 Å². The molecule has 1 rings (SSSR count). The molecule has 0 aromatic rings. The predicted molar refractivity (Wildman–Crippen MR) is 51.4 cm³/mol. The third-order valence-electron chi connectivity index (χ3n) is 2.07. The average Bonchev–Trinajstić information content (AvgIpc) is 2.19. The van der Waals surface area contributed by atoms with Crippen LogP contribution in [0, 0.1) is 0 Å². The van der Waals surface area contributed by atoms with E-state index in [1.807, 2.05) is 6.92 Å². The predicted octanol–water partition coefficient (Wildman–Crippen LogP) is 2.35. The monoisotopic (exact) mass is 346 g/mol. The van der Waals surface area contributed by atoms with Crippen LogP contribution in [0.5, 0.6) is 0 Å². The third kappa shape index (κ3) is 3.15. The van der Waals surface area contributed by atoms with E-state index < -0.39 is 0 Å². The molecule has 2 heteroatoms. The molecule has 1 fully saturated rings. The molecule has 0 N–H and O–H groups in total. The molecule has 0 aliphatic heterocycles. The first-order valence-electron chi connectivity index (χ1n) is 4.55. The number of carbonyl (C=O) groups excluding carboxylic acids is 1. The van der Waals surface area contributed by atoms with Crippen LogP contribution in [0.1, 0.15) is 32.6 Å². The Morgan fingerprint density at radius 1 is 1.46 bits per heavy atom. The van der Waals surface area contributed by atoms with Crippen LogP contribution in [0.4, 0.5) is 0 Å². The van der Waals surface area contributed by atoms with Crippen molar-refractivity contribution in [1.29, 1.82) is 0 Å². The van der Waals surface area contributed by atoms with Crippen molar-refractivity contribution in [2.75, 3.05) is 0 Å². The van der Waals surface area contributed by atoms with Crippen molar-refractivity contribution in [1.82, 2.24) is 0 Å². The zero-order chi connectivity index (χ0) is 9.84. The van der Waals surface area contributed by atoms with Crippen LogP contribution in [0.25, 0.3) is 0 Å². The molecule has 0 saturated heterocycles. The molecular weight excluding hydrogens is 332 g/mol.